The highest BCUT2D eigenvalue weighted by Gasteiger charge is 2.11. The highest BCUT2D eigenvalue weighted by Crippen LogP contribution is 2.26. The third kappa shape index (κ3) is 3.08. The van der Waals surface area contributed by atoms with Gasteiger partial charge in [0, 0.05) is 6.54 Å². The first-order valence-electron chi connectivity index (χ1n) is 5.59. The second kappa shape index (κ2) is 5.79. The van der Waals surface area contributed by atoms with Crippen molar-refractivity contribution in [3.05, 3.63) is 41.1 Å². The molecule has 1 heterocycles. The first-order valence-corrected chi connectivity index (χ1v) is 5.97. The van der Waals surface area contributed by atoms with Crippen LogP contribution in [0.5, 0.6) is 0 Å². The van der Waals surface area contributed by atoms with Gasteiger partial charge in [-0.1, -0.05) is 17.7 Å². The largest absolute Gasteiger partial charge is 0.354 e. The van der Waals surface area contributed by atoms with Crippen LogP contribution in [0, 0.1) is 11.6 Å². The Morgan fingerprint density at radius 2 is 2.11 bits per heavy atom. The minimum Gasteiger partial charge on any atom is -0.354 e. The second-order valence-electron chi connectivity index (χ2n) is 3.65. The highest BCUT2D eigenvalue weighted by molar-refractivity contribution is 6.32. The van der Waals surface area contributed by atoms with Crippen LogP contribution in [-0.4, -0.2) is 16.5 Å². The Kier molecular flexibility index (Phi) is 4.11. The Labute approximate surface area is 113 Å². The van der Waals surface area contributed by atoms with E-state index in [0.29, 0.717) is 12.5 Å². The Morgan fingerprint density at radius 1 is 1.32 bits per heavy atom. The molecule has 1 aromatic heterocycles. The van der Waals surface area contributed by atoms with E-state index < -0.39 is 11.6 Å². The van der Waals surface area contributed by atoms with Gasteiger partial charge in [-0.15, -0.1) is 0 Å². The van der Waals surface area contributed by atoms with Crippen LogP contribution >= 0.6 is 11.6 Å². The van der Waals surface area contributed by atoms with Gasteiger partial charge in [-0.2, -0.15) is 4.98 Å². The molecule has 0 aliphatic heterocycles. The molecule has 1 aromatic carbocycles. The van der Waals surface area contributed by atoms with Crippen LogP contribution in [0.2, 0.25) is 5.02 Å². The van der Waals surface area contributed by atoms with Crippen molar-refractivity contribution in [2.24, 2.45) is 0 Å². The number of benzene rings is 1. The SMILES string of the molecule is CCNc1ncc(Cl)c(Nc2cccc(F)c2F)n1. The van der Waals surface area contributed by atoms with E-state index >= 15 is 0 Å². The molecule has 0 amide bonds. The van der Waals surface area contributed by atoms with Crippen molar-refractivity contribution in [3.8, 4) is 0 Å². The fourth-order valence-corrected chi connectivity index (χ4v) is 1.56. The van der Waals surface area contributed by atoms with Crippen LogP contribution < -0.4 is 10.6 Å². The van der Waals surface area contributed by atoms with Crippen LogP contribution in [0.15, 0.2) is 24.4 Å². The molecular weight excluding hydrogens is 274 g/mol. The molecule has 0 saturated heterocycles. The number of hydrogen-bond donors (Lipinski definition) is 2. The van der Waals surface area contributed by atoms with Gasteiger partial charge in [-0.05, 0) is 19.1 Å². The number of aromatic nitrogens is 2. The second-order valence-corrected chi connectivity index (χ2v) is 4.05. The Bertz CT molecular complexity index is 592. The van der Waals surface area contributed by atoms with E-state index in [-0.39, 0.29) is 16.5 Å². The summed E-state index contributed by atoms with van der Waals surface area (Å²) in [7, 11) is 0. The van der Waals surface area contributed by atoms with Crippen molar-refractivity contribution in [2.45, 2.75) is 6.92 Å². The van der Waals surface area contributed by atoms with Crippen LogP contribution in [0.4, 0.5) is 26.2 Å². The van der Waals surface area contributed by atoms with Gasteiger partial charge in [0.2, 0.25) is 5.95 Å². The number of hydrogen-bond acceptors (Lipinski definition) is 4. The summed E-state index contributed by atoms with van der Waals surface area (Å²) in [6.45, 7) is 2.52. The molecule has 2 rings (SSSR count). The predicted octanol–water partition coefficient (Wildman–Crippen LogP) is 3.58. The summed E-state index contributed by atoms with van der Waals surface area (Å²) in [5, 5.41) is 5.75. The number of halogens is 3. The maximum absolute atomic E-state index is 13.5. The summed E-state index contributed by atoms with van der Waals surface area (Å²) in [6.07, 6.45) is 1.38. The number of rotatable bonds is 4. The molecule has 0 aliphatic rings. The van der Waals surface area contributed by atoms with Gasteiger partial charge in [0.25, 0.3) is 0 Å². The van der Waals surface area contributed by atoms with E-state index in [9.17, 15) is 8.78 Å². The van der Waals surface area contributed by atoms with Gasteiger partial charge in [0.1, 0.15) is 5.02 Å². The van der Waals surface area contributed by atoms with Gasteiger partial charge in [0.05, 0.1) is 11.9 Å². The average molecular weight is 285 g/mol. The highest BCUT2D eigenvalue weighted by atomic mass is 35.5. The van der Waals surface area contributed by atoms with E-state index in [1.165, 1.54) is 18.3 Å². The monoisotopic (exact) mass is 284 g/mol. The quantitative estimate of drug-likeness (QED) is 0.901. The smallest absolute Gasteiger partial charge is 0.224 e. The van der Waals surface area contributed by atoms with Crippen molar-refractivity contribution < 1.29 is 8.78 Å². The van der Waals surface area contributed by atoms with Crippen molar-refractivity contribution >= 4 is 29.1 Å². The third-order valence-electron chi connectivity index (χ3n) is 2.28. The minimum absolute atomic E-state index is 0.0388. The summed E-state index contributed by atoms with van der Waals surface area (Å²) in [5.41, 5.74) is -0.0388. The first kappa shape index (κ1) is 13.5. The van der Waals surface area contributed by atoms with E-state index in [4.69, 9.17) is 11.6 Å². The summed E-state index contributed by atoms with van der Waals surface area (Å²) >= 11 is 5.91. The van der Waals surface area contributed by atoms with Crippen LogP contribution in [0.3, 0.4) is 0 Å². The molecule has 4 nitrogen and oxygen atoms in total. The number of anilines is 3. The Morgan fingerprint density at radius 3 is 2.84 bits per heavy atom. The number of nitrogens with zero attached hydrogens (tertiary/aromatic N) is 2. The summed E-state index contributed by atoms with van der Waals surface area (Å²) in [4.78, 5) is 8.02. The molecule has 0 radical (unpaired) electrons. The topological polar surface area (TPSA) is 49.8 Å². The predicted molar refractivity (Wildman–Crippen MR) is 70.8 cm³/mol. The summed E-state index contributed by atoms with van der Waals surface area (Å²) < 4.78 is 26.6. The average Bonchev–Trinajstić information content (AvgIpc) is 2.39. The first-order chi connectivity index (χ1) is 9.11. The lowest BCUT2D eigenvalue weighted by atomic mass is 10.3. The molecule has 0 unspecified atom stereocenters. The van der Waals surface area contributed by atoms with Crippen LogP contribution in [-0.2, 0) is 0 Å². The molecule has 19 heavy (non-hydrogen) atoms. The van der Waals surface area contributed by atoms with E-state index in [1.54, 1.807) is 0 Å². The van der Waals surface area contributed by atoms with E-state index in [1.807, 2.05) is 6.92 Å². The molecule has 0 aliphatic carbocycles. The maximum Gasteiger partial charge on any atom is 0.224 e. The molecule has 7 heteroatoms. The molecule has 0 bridgehead atoms. The molecule has 100 valence electrons. The number of nitrogens with one attached hydrogen (secondary N) is 2. The Hall–Kier alpha value is -1.95. The summed E-state index contributed by atoms with van der Waals surface area (Å²) in [6, 6.07) is 3.82. The zero-order valence-electron chi connectivity index (χ0n) is 10.0. The molecule has 2 aromatic rings. The molecule has 2 N–H and O–H groups in total. The van der Waals surface area contributed by atoms with Gasteiger partial charge in [0.15, 0.2) is 17.5 Å². The fourth-order valence-electron chi connectivity index (χ4n) is 1.43. The molecule has 0 spiro atoms. The van der Waals surface area contributed by atoms with Crippen molar-refractivity contribution in [2.75, 3.05) is 17.2 Å². The lowest BCUT2D eigenvalue weighted by molar-refractivity contribution is 0.511. The lowest BCUT2D eigenvalue weighted by Crippen LogP contribution is -2.05. The van der Waals surface area contributed by atoms with Gasteiger partial charge < -0.3 is 10.6 Å². The van der Waals surface area contributed by atoms with Gasteiger partial charge >= 0.3 is 0 Å². The zero-order chi connectivity index (χ0) is 13.8. The van der Waals surface area contributed by atoms with E-state index in [2.05, 4.69) is 20.6 Å². The third-order valence-corrected chi connectivity index (χ3v) is 2.56. The molecular formula is C12H11ClF2N4. The molecule has 0 atom stereocenters. The van der Waals surface area contributed by atoms with E-state index in [0.717, 1.165) is 6.07 Å². The summed E-state index contributed by atoms with van der Waals surface area (Å²) in [5.74, 6) is -1.37. The van der Waals surface area contributed by atoms with Gasteiger partial charge in [-0.3, -0.25) is 0 Å². The van der Waals surface area contributed by atoms with Crippen molar-refractivity contribution in [1.82, 2.24) is 9.97 Å². The normalized spacial score (nSPS) is 10.3. The van der Waals surface area contributed by atoms with Crippen molar-refractivity contribution in [1.29, 1.82) is 0 Å². The maximum atomic E-state index is 13.5. The Balaban J connectivity index is 2.32. The van der Waals surface area contributed by atoms with Crippen LogP contribution in [0.25, 0.3) is 0 Å². The molecule has 0 saturated carbocycles. The zero-order valence-corrected chi connectivity index (χ0v) is 10.8. The van der Waals surface area contributed by atoms with Crippen LogP contribution in [0.1, 0.15) is 6.92 Å². The standard InChI is InChI=1S/C12H11ClF2N4/c1-2-16-12-17-6-7(13)11(19-12)18-9-5-3-4-8(14)10(9)15/h3-6H,2H2,1H3,(H2,16,17,18,19). The van der Waals surface area contributed by atoms with Crippen molar-refractivity contribution in [3.63, 3.8) is 0 Å². The minimum atomic E-state index is -0.984. The lowest BCUT2D eigenvalue weighted by Gasteiger charge is -2.10. The molecule has 0 fully saturated rings. The van der Waals surface area contributed by atoms with Gasteiger partial charge in [-0.25, -0.2) is 13.8 Å². The fraction of sp³-hybridized carbons (Fsp3) is 0.167.